The van der Waals surface area contributed by atoms with Crippen LogP contribution in [-0.4, -0.2) is 12.1 Å². The summed E-state index contributed by atoms with van der Waals surface area (Å²) in [7, 11) is 0. The molecule has 3 aliphatic carbocycles. The molecule has 0 radical (unpaired) electrons. The van der Waals surface area contributed by atoms with Crippen molar-refractivity contribution in [1.82, 2.24) is 0 Å². The molecule has 0 heterocycles. The summed E-state index contributed by atoms with van der Waals surface area (Å²) in [6.45, 7) is 4.44. The van der Waals surface area contributed by atoms with Crippen molar-refractivity contribution < 1.29 is 14.3 Å². The Hall–Kier alpha value is -2.55. The van der Waals surface area contributed by atoms with Gasteiger partial charge < -0.3 is 9.47 Å². The van der Waals surface area contributed by atoms with Gasteiger partial charge in [-0.1, -0.05) is 49.4 Å². The molecule has 1 saturated carbocycles. The number of fused-ring (bicyclic) bond motifs is 5. The van der Waals surface area contributed by atoms with E-state index in [0.717, 1.165) is 25.0 Å². The molecule has 1 unspecified atom stereocenters. The predicted molar refractivity (Wildman–Crippen MR) is 117 cm³/mol. The van der Waals surface area contributed by atoms with Gasteiger partial charge in [0.2, 0.25) is 0 Å². The number of aryl methyl sites for hydroxylation is 1. The lowest BCUT2D eigenvalue weighted by atomic mass is 9.55. The number of carbonyl (C=O) groups excluding carboxylic acids is 1. The second-order valence-electron chi connectivity index (χ2n) is 9.43. The molecular weight excluding hydrogens is 372 g/mol. The highest BCUT2D eigenvalue weighted by atomic mass is 16.5. The zero-order chi connectivity index (χ0) is 20.7. The van der Waals surface area contributed by atoms with Gasteiger partial charge in [0.1, 0.15) is 18.5 Å². The zero-order valence-electron chi connectivity index (χ0n) is 17.8. The van der Waals surface area contributed by atoms with Crippen LogP contribution in [0.3, 0.4) is 0 Å². The molecule has 5 rings (SSSR count). The van der Waals surface area contributed by atoms with Crippen LogP contribution in [0.25, 0.3) is 0 Å². The number of benzene rings is 2. The van der Waals surface area contributed by atoms with Gasteiger partial charge in [0.25, 0.3) is 0 Å². The van der Waals surface area contributed by atoms with E-state index in [1.165, 1.54) is 30.0 Å². The van der Waals surface area contributed by atoms with E-state index in [1.54, 1.807) is 0 Å². The van der Waals surface area contributed by atoms with Crippen LogP contribution in [-0.2, 0) is 22.6 Å². The minimum Gasteiger partial charge on any atom is -0.489 e. The molecular formula is C27H30O3. The van der Waals surface area contributed by atoms with Gasteiger partial charge >= 0.3 is 5.97 Å². The van der Waals surface area contributed by atoms with Gasteiger partial charge in [0, 0.05) is 12.3 Å². The van der Waals surface area contributed by atoms with Gasteiger partial charge in [-0.25, -0.2) is 0 Å². The molecule has 0 amide bonds. The third kappa shape index (κ3) is 3.34. The van der Waals surface area contributed by atoms with Gasteiger partial charge in [-0.05, 0) is 78.3 Å². The smallest absolute Gasteiger partial charge is 0.303 e. The Kier molecular flexibility index (Phi) is 4.92. The largest absolute Gasteiger partial charge is 0.489 e. The summed E-state index contributed by atoms with van der Waals surface area (Å²) in [6, 6.07) is 17.0. The molecule has 3 heteroatoms. The fourth-order valence-corrected chi connectivity index (χ4v) is 6.15. The van der Waals surface area contributed by atoms with Crippen LogP contribution in [0.2, 0.25) is 0 Å². The maximum atomic E-state index is 11.6. The summed E-state index contributed by atoms with van der Waals surface area (Å²) in [5.74, 6) is 2.50. The van der Waals surface area contributed by atoms with Crippen LogP contribution in [0.4, 0.5) is 0 Å². The molecule has 0 saturated heterocycles. The van der Waals surface area contributed by atoms with Crippen LogP contribution in [0.5, 0.6) is 5.75 Å². The van der Waals surface area contributed by atoms with E-state index in [2.05, 4.69) is 49.4 Å². The third-order valence-corrected chi connectivity index (χ3v) is 7.68. The van der Waals surface area contributed by atoms with Gasteiger partial charge in [-0.3, -0.25) is 4.79 Å². The van der Waals surface area contributed by atoms with Crippen LogP contribution in [0.1, 0.15) is 55.7 Å². The van der Waals surface area contributed by atoms with E-state index in [0.29, 0.717) is 24.4 Å². The van der Waals surface area contributed by atoms with Crippen molar-refractivity contribution in [2.24, 2.45) is 17.3 Å². The lowest BCUT2D eigenvalue weighted by molar-refractivity contribution is -0.152. The first kappa shape index (κ1) is 19.4. The minimum absolute atomic E-state index is 0.0447. The van der Waals surface area contributed by atoms with Gasteiger partial charge in [-0.2, -0.15) is 0 Å². The second kappa shape index (κ2) is 7.61. The summed E-state index contributed by atoms with van der Waals surface area (Å²) in [6.07, 6.45) is 8.95. The summed E-state index contributed by atoms with van der Waals surface area (Å²) >= 11 is 0. The van der Waals surface area contributed by atoms with E-state index in [9.17, 15) is 4.79 Å². The Morgan fingerprint density at radius 2 is 1.93 bits per heavy atom. The van der Waals surface area contributed by atoms with Crippen molar-refractivity contribution >= 4 is 5.97 Å². The fourth-order valence-electron chi connectivity index (χ4n) is 6.15. The molecule has 0 aromatic heterocycles. The fraction of sp³-hybridized carbons (Fsp3) is 0.444. The Morgan fingerprint density at radius 1 is 1.10 bits per heavy atom. The minimum atomic E-state index is -0.175. The number of hydrogen-bond acceptors (Lipinski definition) is 3. The third-order valence-electron chi connectivity index (χ3n) is 7.68. The van der Waals surface area contributed by atoms with Gasteiger partial charge in [-0.15, -0.1) is 0 Å². The topological polar surface area (TPSA) is 35.5 Å². The van der Waals surface area contributed by atoms with E-state index < -0.39 is 0 Å². The van der Waals surface area contributed by atoms with Crippen LogP contribution in [0.15, 0.2) is 60.7 Å². The normalized spacial score (nSPS) is 31.4. The highest BCUT2D eigenvalue weighted by Crippen LogP contribution is 2.59. The number of hydrogen-bond donors (Lipinski definition) is 0. The molecule has 3 nitrogen and oxygen atoms in total. The molecule has 5 atom stereocenters. The standard InChI is InChI=1S/C27H30O3/c1-18(28)30-26-13-12-25-24-10-8-20-16-21(29-17-19-6-4-3-5-7-19)9-11-22(20)23(24)14-15-27(25,26)2/h3-7,9,11-13,16,23-26H,8,10,14-15,17H2,1-2H3/t23-,24-,25?,26+,27+/m1/s1. The number of esters is 1. The molecule has 1 fully saturated rings. The maximum Gasteiger partial charge on any atom is 0.303 e. The Balaban J connectivity index is 1.33. The van der Waals surface area contributed by atoms with Crippen LogP contribution < -0.4 is 4.74 Å². The Morgan fingerprint density at radius 3 is 2.73 bits per heavy atom. The maximum absolute atomic E-state index is 11.6. The van der Waals surface area contributed by atoms with E-state index in [-0.39, 0.29) is 17.5 Å². The molecule has 0 N–H and O–H groups in total. The first-order chi connectivity index (χ1) is 14.5. The number of carbonyl (C=O) groups is 1. The SMILES string of the molecule is CC(=O)O[C@H]1C=CC2[C@@H]3CCc4cc(OCc5ccccc5)ccc4[C@H]3CC[C@@]21C. The van der Waals surface area contributed by atoms with E-state index in [4.69, 9.17) is 9.47 Å². The monoisotopic (exact) mass is 402 g/mol. The summed E-state index contributed by atoms with van der Waals surface area (Å²) in [4.78, 5) is 11.6. The molecule has 30 heavy (non-hydrogen) atoms. The lowest BCUT2D eigenvalue weighted by Crippen LogP contribution is -2.45. The highest BCUT2D eigenvalue weighted by Gasteiger charge is 2.53. The zero-order valence-corrected chi connectivity index (χ0v) is 17.8. The molecule has 2 aromatic rings. The highest BCUT2D eigenvalue weighted by molar-refractivity contribution is 5.66. The Labute approximate surface area is 179 Å². The average molecular weight is 403 g/mol. The van der Waals surface area contributed by atoms with Crippen molar-refractivity contribution in [2.45, 2.75) is 58.2 Å². The first-order valence-electron chi connectivity index (χ1n) is 11.2. The lowest BCUT2D eigenvalue weighted by Gasteiger charge is -2.50. The van der Waals surface area contributed by atoms with Gasteiger partial charge in [0.05, 0.1) is 0 Å². The van der Waals surface area contributed by atoms with Crippen molar-refractivity contribution in [3.05, 3.63) is 77.4 Å². The summed E-state index contributed by atoms with van der Waals surface area (Å²) in [5, 5.41) is 0. The molecule has 3 aliphatic rings. The summed E-state index contributed by atoms with van der Waals surface area (Å²) in [5.41, 5.74) is 4.19. The van der Waals surface area contributed by atoms with Crippen molar-refractivity contribution in [3.8, 4) is 5.75 Å². The number of rotatable bonds is 4. The predicted octanol–water partition coefficient (Wildman–Crippen LogP) is 5.83. The molecule has 0 spiro atoms. The van der Waals surface area contributed by atoms with Crippen molar-refractivity contribution in [2.75, 3.05) is 0 Å². The van der Waals surface area contributed by atoms with Gasteiger partial charge in [0.15, 0.2) is 0 Å². The molecule has 156 valence electrons. The van der Waals surface area contributed by atoms with Crippen molar-refractivity contribution in [3.63, 3.8) is 0 Å². The number of allylic oxidation sites excluding steroid dienone is 1. The first-order valence-corrected chi connectivity index (χ1v) is 11.2. The van der Waals surface area contributed by atoms with Crippen LogP contribution in [0, 0.1) is 17.3 Å². The number of ether oxygens (including phenoxy) is 2. The van der Waals surface area contributed by atoms with Crippen LogP contribution >= 0.6 is 0 Å². The average Bonchev–Trinajstić information content (AvgIpc) is 3.08. The van der Waals surface area contributed by atoms with E-state index >= 15 is 0 Å². The molecule has 0 aliphatic heterocycles. The Bertz CT molecular complexity index is 963. The second-order valence-corrected chi connectivity index (χ2v) is 9.43. The van der Waals surface area contributed by atoms with E-state index in [1.807, 2.05) is 18.2 Å². The van der Waals surface area contributed by atoms with Crippen molar-refractivity contribution in [1.29, 1.82) is 0 Å². The molecule has 2 aromatic carbocycles. The summed E-state index contributed by atoms with van der Waals surface area (Å²) < 4.78 is 11.7. The molecule has 0 bridgehead atoms. The quantitative estimate of drug-likeness (QED) is 0.477.